The molecule has 0 unspecified atom stereocenters. The predicted molar refractivity (Wildman–Crippen MR) is 67.0 cm³/mol. The first-order chi connectivity index (χ1) is 8.11. The lowest BCUT2D eigenvalue weighted by Crippen LogP contribution is -2.33. The van der Waals surface area contributed by atoms with Gasteiger partial charge < -0.3 is 4.79 Å². The predicted octanol–water partition coefficient (Wildman–Crippen LogP) is 1.79. The molecule has 1 aliphatic rings. The van der Waals surface area contributed by atoms with Crippen LogP contribution in [0.5, 0.6) is 0 Å². The monoisotopic (exact) mass is 255 g/mol. The Morgan fingerprint density at radius 2 is 2.12 bits per heavy atom. The van der Waals surface area contributed by atoms with E-state index in [1.165, 1.54) is 0 Å². The van der Waals surface area contributed by atoms with Crippen LogP contribution < -0.4 is 0 Å². The lowest BCUT2D eigenvalue weighted by molar-refractivity contribution is -0.112. The van der Waals surface area contributed by atoms with Crippen molar-refractivity contribution in [2.75, 3.05) is 13.1 Å². The number of hydrogen-bond donors (Lipinski definition) is 0. The van der Waals surface area contributed by atoms with Crippen molar-refractivity contribution < 1.29 is 4.79 Å². The third-order valence-electron chi connectivity index (χ3n) is 3.48. The highest BCUT2D eigenvalue weighted by Gasteiger charge is 2.21. The Bertz CT molecular complexity index is 408. The first-order valence-corrected chi connectivity index (χ1v) is 6.35. The average Bonchev–Trinajstić information content (AvgIpc) is 2.57. The molecule has 0 saturated carbocycles. The molecule has 94 valence electrons. The molecule has 1 fully saturated rings. The SMILES string of the molecule is Cc1nn(C)c(Cl)c1CN1CCC(C=O)CC1. The Kier molecular flexibility index (Phi) is 3.84. The third-order valence-corrected chi connectivity index (χ3v) is 3.95. The van der Waals surface area contributed by atoms with Crippen LogP contribution in [-0.4, -0.2) is 34.1 Å². The number of nitrogens with zero attached hydrogens (tertiary/aromatic N) is 3. The highest BCUT2D eigenvalue weighted by molar-refractivity contribution is 6.30. The Balaban J connectivity index is 2.00. The number of likely N-dealkylation sites (tertiary alicyclic amines) is 1. The van der Waals surface area contributed by atoms with Crippen molar-refractivity contribution in [1.82, 2.24) is 14.7 Å². The molecular weight excluding hydrogens is 238 g/mol. The number of aldehydes is 1. The van der Waals surface area contributed by atoms with Gasteiger partial charge in [0.25, 0.3) is 0 Å². The maximum atomic E-state index is 10.7. The summed E-state index contributed by atoms with van der Waals surface area (Å²) in [5.74, 6) is 0.247. The molecule has 0 amide bonds. The van der Waals surface area contributed by atoms with Gasteiger partial charge in [-0.25, -0.2) is 0 Å². The normalized spacial score (nSPS) is 18.5. The molecule has 1 saturated heterocycles. The highest BCUT2D eigenvalue weighted by Crippen LogP contribution is 2.23. The van der Waals surface area contributed by atoms with Gasteiger partial charge in [-0.1, -0.05) is 11.6 Å². The molecule has 1 aliphatic heterocycles. The van der Waals surface area contributed by atoms with E-state index < -0.39 is 0 Å². The summed E-state index contributed by atoms with van der Waals surface area (Å²) in [6.45, 7) is 4.76. The van der Waals surface area contributed by atoms with Gasteiger partial charge in [-0.15, -0.1) is 0 Å². The van der Waals surface area contributed by atoms with E-state index in [1.807, 2.05) is 14.0 Å². The van der Waals surface area contributed by atoms with Crippen LogP contribution in [0.3, 0.4) is 0 Å². The van der Waals surface area contributed by atoms with Gasteiger partial charge in [0.2, 0.25) is 0 Å². The molecule has 2 heterocycles. The number of piperidine rings is 1. The van der Waals surface area contributed by atoms with Gasteiger partial charge in [0.15, 0.2) is 0 Å². The summed E-state index contributed by atoms with van der Waals surface area (Å²) in [5, 5.41) is 5.03. The molecule has 4 nitrogen and oxygen atoms in total. The Labute approximate surface area is 107 Å². The van der Waals surface area contributed by atoms with Crippen LogP contribution in [0, 0.1) is 12.8 Å². The van der Waals surface area contributed by atoms with Gasteiger partial charge in [-0.2, -0.15) is 5.10 Å². The van der Waals surface area contributed by atoms with E-state index in [4.69, 9.17) is 11.6 Å². The molecule has 0 atom stereocenters. The molecule has 0 spiro atoms. The van der Waals surface area contributed by atoms with Crippen LogP contribution in [-0.2, 0) is 18.4 Å². The smallest absolute Gasteiger partial charge is 0.131 e. The second kappa shape index (κ2) is 5.19. The second-order valence-corrected chi connectivity index (χ2v) is 5.09. The van der Waals surface area contributed by atoms with Crippen molar-refractivity contribution in [3.8, 4) is 0 Å². The van der Waals surface area contributed by atoms with E-state index in [-0.39, 0.29) is 5.92 Å². The quantitative estimate of drug-likeness (QED) is 0.773. The number of aryl methyl sites for hydroxylation is 2. The van der Waals surface area contributed by atoms with Gasteiger partial charge in [-0.05, 0) is 32.9 Å². The highest BCUT2D eigenvalue weighted by atomic mass is 35.5. The Morgan fingerprint density at radius 3 is 2.59 bits per heavy atom. The molecule has 0 aromatic carbocycles. The molecule has 2 rings (SSSR count). The Hall–Kier alpha value is -0.870. The minimum absolute atomic E-state index is 0.247. The fraction of sp³-hybridized carbons (Fsp3) is 0.667. The van der Waals surface area contributed by atoms with E-state index in [0.29, 0.717) is 0 Å². The van der Waals surface area contributed by atoms with E-state index in [1.54, 1.807) is 4.68 Å². The summed E-state index contributed by atoms with van der Waals surface area (Å²) in [4.78, 5) is 13.0. The molecule has 5 heteroatoms. The number of rotatable bonds is 3. The topological polar surface area (TPSA) is 38.1 Å². The first kappa shape index (κ1) is 12.6. The molecule has 1 aromatic heterocycles. The van der Waals surface area contributed by atoms with Gasteiger partial charge in [0, 0.05) is 25.1 Å². The van der Waals surface area contributed by atoms with Gasteiger partial charge in [-0.3, -0.25) is 9.58 Å². The zero-order chi connectivity index (χ0) is 12.4. The summed E-state index contributed by atoms with van der Waals surface area (Å²) < 4.78 is 1.71. The number of hydrogen-bond acceptors (Lipinski definition) is 3. The van der Waals surface area contributed by atoms with Crippen molar-refractivity contribution in [2.24, 2.45) is 13.0 Å². The van der Waals surface area contributed by atoms with Crippen LogP contribution in [0.15, 0.2) is 0 Å². The molecule has 0 bridgehead atoms. The van der Waals surface area contributed by atoms with Gasteiger partial charge in [0.1, 0.15) is 11.4 Å². The second-order valence-electron chi connectivity index (χ2n) is 4.73. The van der Waals surface area contributed by atoms with Crippen LogP contribution in [0.25, 0.3) is 0 Å². The summed E-state index contributed by atoms with van der Waals surface area (Å²) in [6, 6.07) is 0. The minimum Gasteiger partial charge on any atom is -0.303 e. The summed E-state index contributed by atoms with van der Waals surface area (Å²) in [6.07, 6.45) is 3.00. The summed E-state index contributed by atoms with van der Waals surface area (Å²) in [5.41, 5.74) is 2.11. The van der Waals surface area contributed by atoms with Crippen molar-refractivity contribution in [2.45, 2.75) is 26.3 Å². The van der Waals surface area contributed by atoms with Crippen LogP contribution >= 0.6 is 11.6 Å². The fourth-order valence-corrected chi connectivity index (χ4v) is 2.56. The van der Waals surface area contributed by atoms with E-state index in [9.17, 15) is 4.79 Å². The van der Waals surface area contributed by atoms with Crippen LogP contribution in [0.1, 0.15) is 24.1 Å². The van der Waals surface area contributed by atoms with Gasteiger partial charge in [0.05, 0.1) is 5.69 Å². The third kappa shape index (κ3) is 2.69. The lowest BCUT2D eigenvalue weighted by atomic mass is 9.98. The zero-order valence-corrected chi connectivity index (χ0v) is 11.1. The molecule has 1 aromatic rings. The molecule has 0 aliphatic carbocycles. The number of carbonyl (C=O) groups excluding carboxylic acids is 1. The van der Waals surface area contributed by atoms with Crippen molar-refractivity contribution in [3.63, 3.8) is 0 Å². The molecule has 0 N–H and O–H groups in total. The maximum absolute atomic E-state index is 10.7. The molecule has 0 radical (unpaired) electrons. The minimum atomic E-state index is 0.247. The largest absolute Gasteiger partial charge is 0.303 e. The first-order valence-electron chi connectivity index (χ1n) is 5.97. The van der Waals surface area contributed by atoms with Crippen molar-refractivity contribution in [1.29, 1.82) is 0 Å². The zero-order valence-electron chi connectivity index (χ0n) is 10.3. The number of aromatic nitrogens is 2. The van der Waals surface area contributed by atoms with E-state index in [2.05, 4.69) is 10.00 Å². The van der Waals surface area contributed by atoms with Crippen molar-refractivity contribution in [3.05, 3.63) is 16.4 Å². The Morgan fingerprint density at radius 1 is 1.47 bits per heavy atom. The van der Waals surface area contributed by atoms with Crippen LogP contribution in [0.2, 0.25) is 5.15 Å². The van der Waals surface area contributed by atoms with Crippen LogP contribution in [0.4, 0.5) is 0 Å². The molecular formula is C12H18ClN3O. The van der Waals surface area contributed by atoms with E-state index in [0.717, 1.165) is 55.2 Å². The maximum Gasteiger partial charge on any atom is 0.131 e. The standard InChI is InChI=1S/C12H18ClN3O/c1-9-11(12(13)15(2)14-9)7-16-5-3-10(8-17)4-6-16/h8,10H,3-7H2,1-2H3. The number of halogens is 1. The fourth-order valence-electron chi connectivity index (χ4n) is 2.32. The van der Waals surface area contributed by atoms with E-state index >= 15 is 0 Å². The summed E-state index contributed by atoms with van der Waals surface area (Å²) in [7, 11) is 1.86. The average molecular weight is 256 g/mol. The summed E-state index contributed by atoms with van der Waals surface area (Å²) >= 11 is 6.21. The number of carbonyl (C=O) groups is 1. The molecule has 17 heavy (non-hydrogen) atoms. The lowest BCUT2D eigenvalue weighted by Gasteiger charge is -2.29. The van der Waals surface area contributed by atoms with Crippen molar-refractivity contribution >= 4 is 17.9 Å². The van der Waals surface area contributed by atoms with Gasteiger partial charge >= 0.3 is 0 Å².